The first kappa shape index (κ1) is 16.4. The summed E-state index contributed by atoms with van der Waals surface area (Å²) in [5.41, 5.74) is 2.80. The first-order chi connectivity index (χ1) is 12.5. The maximum Gasteiger partial charge on any atom is 0.483 e. The van der Waals surface area contributed by atoms with Crippen molar-refractivity contribution in [2.75, 3.05) is 4.90 Å². The van der Waals surface area contributed by atoms with Crippen molar-refractivity contribution in [3.05, 3.63) is 59.9 Å². The van der Waals surface area contributed by atoms with E-state index in [-0.39, 0.29) is 12.3 Å². The molecule has 0 unspecified atom stereocenters. The maximum absolute atomic E-state index is 14.2. The molecule has 2 aromatic carbocycles. The number of amides is 1. The van der Waals surface area contributed by atoms with Gasteiger partial charge in [0, 0.05) is 12.4 Å². The summed E-state index contributed by atoms with van der Waals surface area (Å²) in [6.07, 6.45) is -0.302. The molecule has 0 radical (unpaired) electrons. The quantitative estimate of drug-likeness (QED) is 0.719. The summed E-state index contributed by atoms with van der Waals surface area (Å²) in [5, 5.41) is 0. The number of alkyl halides is 2. The van der Waals surface area contributed by atoms with Gasteiger partial charge >= 0.3 is 12.0 Å². The third-order valence-electron chi connectivity index (χ3n) is 4.38. The zero-order valence-electron chi connectivity index (χ0n) is 13.9. The Balaban J connectivity index is 1.84. The van der Waals surface area contributed by atoms with E-state index in [0.717, 1.165) is 4.90 Å². The van der Waals surface area contributed by atoms with Crippen LogP contribution in [0.25, 0.3) is 11.0 Å². The second kappa shape index (κ2) is 6.01. The van der Waals surface area contributed by atoms with E-state index in [4.69, 9.17) is 4.74 Å². The van der Waals surface area contributed by atoms with Crippen LogP contribution in [0.4, 0.5) is 14.5 Å². The van der Waals surface area contributed by atoms with Crippen molar-refractivity contribution in [2.24, 2.45) is 0 Å². The number of ether oxygens (including phenoxy) is 1. The molecule has 0 bridgehead atoms. The zero-order valence-corrected chi connectivity index (χ0v) is 13.9. The predicted octanol–water partition coefficient (Wildman–Crippen LogP) is 3.71. The molecular formula is C19H15F2N3O2. The third kappa shape index (κ3) is 2.56. The van der Waals surface area contributed by atoms with Gasteiger partial charge in [-0.2, -0.15) is 8.78 Å². The predicted molar refractivity (Wildman–Crippen MR) is 92.1 cm³/mol. The lowest BCUT2D eigenvalue weighted by Gasteiger charge is -2.34. The molecule has 1 aliphatic heterocycles. The van der Waals surface area contributed by atoms with Gasteiger partial charge in [0.25, 0.3) is 0 Å². The molecule has 0 saturated carbocycles. The highest BCUT2D eigenvalue weighted by atomic mass is 19.3. The molecule has 0 spiro atoms. The van der Waals surface area contributed by atoms with Crippen molar-refractivity contribution in [3.8, 4) is 5.75 Å². The summed E-state index contributed by atoms with van der Waals surface area (Å²) >= 11 is 0. The molecule has 26 heavy (non-hydrogen) atoms. The lowest BCUT2D eigenvalue weighted by molar-refractivity contribution is -0.193. The van der Waals surface area contributed by atoms with Crippen LogP contribution in [0.15, 0.2) is 48.8 Å². The summed E-state index contributed by atoms with van der Waals surface area (Å²) in [5.74, 6) is -1.34. The molecule has 3 aromatic rings. The summed E-state index contributed by atoms with van der Waals surface area (Å²) in [4.78, 5) is 21.9. The Kier molecular flexibility index (Phi) is 3.79. The highest BCUT2D eigenvalue weighted by Crippen LogP contribution is 2.42. The lowest BCUT2D eigenvalue weighted by atomic mass is 10.1. The van der Waals surface area contributed by atoms with Gasteiger partial charge in [-0.25, -0.2) is 0 Å². The van der Waals surface area contributed by atoms with Gasteiger partial charge in [-0.1, -0.05) is 31.2 Å². The number of aromatic nitrogens is 2. The number of fused-ring (bicyclic) bond motifs is 2. The van der Waals surface area contributed by atoms with Gasteiger partial charge in [0.1, 0.15) is 0 Å². The van der Waals surface area contributed by atoms with Crippen LogP contribution < -0.4 is 9.64 Å². The van der Waals surface area contributed by atoms with Crippen molar-refractivity contribution in [1.29, 1.82) is 0 Å². The molecule has 7 heteroatoms. The average Bonchev–Trinajstić information content (AvgIpc) is 2.65. The van der Waals surface area contributed by atoms with Gasteiger partial charge in [0.05, 0.1) is 23.3 Å². The number of anilines is 1. The van der Waals surface area contributed by atoms with Crippen LogP contribution in [0.3, 0.4) is 0 Å². The Morgan fingerprint density at radius 3 is 2.62 bits per heavy atom. The number of rotatable bonds is 3. The molecule has 5 nitrogen and oxygen atoms in total. The molecule has 0 fully saturated rings. The molecule has 0 atom stereocenters. The summed E-state index contributed by atoms with van der Waals surface area (Å²) in [7, 11) is 0. The second-order valence-electron chi connectivity index (χ2n) is 5.97. The lowest BCUT2D eigenvalue weighted by Crippen LogP contribution is -2.50. The number of benzene rings is 2. The maximum atomic E-state index is 14.2. The van der Waals surface area contributed by atoms with Crippen LogP contribution in [0, 0.1) is 0 Å². The Morgan fingerprint density at radius 1 is 1.08 bits per heavy atom. The standard InChI is InChI=1S/C19H15F2N3O2/c1-2-12-5-4-8-15-17(12)26-19(20,21)18(25)24(15)11-13-6-3-7-14-16(13)23-10-9-22-14/h3-10H,2,11H2,1H3. The smallest absolute Gasteiger partial charge is 0.423 e. The van der Waals surface area contributed by atoms with Crippen molar-refractivity contribution >= 4 is 22.6 Å². The number of hydrogen-bond donors (Lipinski definition) is 0. The molecule has 0 aliphatic carbocycles. The molecular weight excluding hydrogens is 340 g/mol. The minimum absolute atomic E-state index is 0.0471. The van der Waals surface area contributed by atoms with Crippen LogP contribution in [0.2, 0.25) is 0 Å². The monoisotopic (exact) mass is 355 g/mol. The van der Waals surface area contributed by atoms with Crippen LogP contribution in [-0.4, -0.2) is 22.0 Å². The molecule has 2 heterocycles. The number of hydrogen-bond acceptors (Lipinski definition) is 4. The summed E-state index contributed by atoms with van der Waals surface area (Å²) in [6, 6.07) is 10.4. The van der Waals surface area contributed by atoms with Gasteiger partial charge < -0.3 is 4.74 Å². The fraction of sp³-hybridized carbons (Fsp3) is 0.211. The van der Waals surface area contributed by atoms with Crippen molar-refractivity contribution in [1.82, 2.24) is 9.97 Å². The van der Waals surface area contributed by atoms with Crippen molar-refractivity contribution in [3.63, 3.8) is 0 Å². The first-order valence-electron chi connectivity index (χ1n) is 8.20. The molecule has 1 amide bonds. The Morgan fingerprint density at radius 2 is 1.81 bits per heavy atom. The molecule has 1 aromatic heterocycles. The first-order valence-corrected chi connectivity index (χ1v) is 8.20. The van der Waals surface area contributed by atoms with Crippen molar-refractivity contribution < 1.29 is 18.3 Å². The number of carbonyl (C=O) groups excluding carboxylic acids is 1. The van der Waals surface area contributed by atoms with Gasteiger partial charge in [-0.05, 0) is 29.7 Å². The fourth-order valence-electron chi connectivity index (χ4n) is 3.13. The van der Waals surface area contributed by atoms with Crippen LogP contribution >= 0.6 is 0 Å². The van der Waals surface area contributed by atoms with E-state index in [1.54, 1.807) is 42.6 Å². The third-order valence-corrected chi connectivity index (χ3v) is 4.38. The normalized spacial score (nSPS) is 15.7. The number of carbonyl (C=O) groups is 1. The van der Waals surface area contributed by atoms with Gasteiger partial charge in [0.2, 0.25) is 0 Å². The number of para-hydroxylation sites is 2. The van der Waals surface area contributed by atoms with E-state index in [0.29, 0.717) is 34.3 Å². The minimum Gasteiger partial charge on any atom is -0.423 e. The van der Waals surface area contributed by atoms with Gasteiger partial charge in [-0.3, -0.25) is 19.7 Å². The summed E-state index contributed by atoms with van der Waals surface area (Å²) < 4.78 is 33.2. The number of nitrogens with zero attached hydrogens (tertiary/aromatic N) is 3. The van der Waals surface area contributed by atoms with Crippen molar-refractivity contribution in [2.45, 2.75) is 26.0 Å². The molecule has 132 valence electrons. The van der Waals surface area contributed by atoms with Crippen LogP contribution in [0.5, 0.6) is 5.75 Å². The second-order valence-corrected chi connectivity index (χ2v) is 5.97. The van der Waals surface area contributed by atoms with Crippen LogP contribution in [0.1, 0.15) is 18.1 Å². The number of aryl methyl sites for hydroxylation is 1. The topological polar surface area (TPSA) is 55.3 Å². The van der Waals surface area contributed by atoms with Gasteiger partial charge in [-0.15, -0.1) is 0 Å². The van der Waals surface area contributed by atoms with E-state index in [9.17, 15) is 13.6 Å². The summed E-state index contributed by atoms with van der Waals surface area (Å²) in [6.45, 7) is 1.80. The Hall–Kier alpha value is -3.09. The van der Waals surface area contributed by atoms with Crippen LogP contribution in [-0.2, 0) is 17.8 Å². The van der Waals surface area contributed by atoms with E-state index in [2.05, 4.69) is 9.97 Å². The SMILES string of the molecule is CCc1cccc2c1OC(F)(F)C(=O)N2Cc1cccc2nccnc12. The largest absolute Gasteiger partial charge is 0.483 e. The molecule has 1 aliphatic rings. The highest BCUT2D eigenvalue weighted by Gasteiger charge is 2.51. The van der Waals surface area contributed by atoms with Gasteiger partial charge in [0.15, 0.2) is 5.75 Å². The van der Waals surface area contributed by atoms with E-state index in [1.807, 2.05) is 6.92 Å². The molecule has 0 saturated heterocycles. The average molecular weight is 355 g/mol. The zero-order chi connectivity index (χ0) is 18.3. The van der Waals surface area contributed by atoms with E-state index >= 15 is 0 Å². The highest BCUT2D eigenvalue weighted by molar-refractivity contribution is 6.01. The Bertz CT molecular complexity index is 1000. The Labute approximate surface area is 148 Å². The molecule has 4 rings (SSSR count). The minimum atomic E-state index is -3.91. The van der Waals surface area contributed by atoms with E-state index in [1.165, 1.54) is 6.20 Å². The van der Waals surface area contributed by atoms with E-state index < -0.39 is 12.0 Å². The number of halogens is 2. The fourth-order valence-corrected chi connectivity index (χ4v) is 3.13. The molecule has 0 N–H and O–H groups in total.